The largest absolute Gasteiger partial charge is 0.507 e. The molecule has 3 aromatic carbocycles. The molecule has 0 aliphatic carbocycles. The molecule has 2 aliphatic rings. The molecule has 0 radical (unpaired) electrons. The Morgan fingerprint density at radius 3 is 1.46 bits per heavy atom. The van der Waals surface area contributed by atoms with E-state index >= 15 is 0 Å². The highest BCUT2D eigenvalue weighted by atomic mass is 16.6. The maximum atomic E-state index is 11.3. The number of carbonyl (C=O) groups excluding carboxylic acids is 3. The van der Waals surface area contributed by atoms with Crippen LogP contribution < -0.4 is 9.47 Å². The number of fused-ring (bicyclic) bond motifs is 2. The fourth-order valence-corrected chi connectivity index (χ4v) is 3.77. The van der Waals surface area contributed by atoms with Crippen LogP contribution in [0.4, 0.5) is 17.1 Å². The van der Waals surface area contributed by atoms with Crippen LogP contribution in [0.15, 0.2) is 65.7 Å². The molecular weight excluding hydrogens is 614 g/mol. The molecule has 2 aliphatic heterocycles. The van der Waals surface area contributed by atoms with Gasteiger partial charge in [0.2, 0.25) is 0 Å². The number of carbonyl (C=O) groups is 3. The fraction of sp³-hybridized carbons (Fsp3) is 0.138. The molecule has 0 spiro atoms. The Morgan fingerprint density at radius 1 is 0.717 bits per heavy atom. The van der Waals surface area contributed by atoms with Crippen molar-refractivity contribution < 1.29 is 53.2 Å². The average molecular weight is 638 g/mol. The number of benzene rings is 3. The highest BCUT2D eigenvalue weighted by molar-refractivity contribution is 5.96. The molecule has 17 nitrogen and oxygen atoms in total. The zero-order chi connectivity index (χ0) is 34.0. The Balaban J connectivity index is 0.000000191. The number of nitro benzene ring substituents is 3. The Bertz CT molecular complexity index is 1690. The van der Waals surface area contributed by atoms with Gasteiger partial charge in [-0.15, -0.1) is 0 Å². The van der Waals surface area contributed by atoms with Crippen molar-refractivity contribution in [1.29, 1.82) is 0 Å². The Labute approximate surface area is 258 Å². The first kappa shape index (κ1) is 33.8. The van der Waals surface area contributed by atoms with Gasteiger partial charge >= 0.3 is 11.9 Å². The van der Waals surface area contributed by atoms with Crippen LogP contribution in [0.25, 0.3) is 12.2 Å². The summed E-state index contributed by atoms with van der Waals surface area (Å²) in [4.78, 5) is 62.4. The Morgan fingerprint density at radius 2 is 1.11 bits per heavy atom. The van der Waals surface area contributed by atoms with Gasteiger partial charge in [0.05, 0.1) is 63.9 Å². The topological polar surface area (TPSA) is 238 Å². The second-order valence-electron chi connectivity index (χ2n) is 8.98. The number of aromatic hydroxyl groups is 1. The van der Waals surface area contributed by atoms with Gasteiger partial charge in [-0.25, -0.2) is 9.59 Å². The number of esters is 2. The molecule has 0 bridgehead atoms. The van der Waals surface area contributed by atoms with Crippen molar-refractivity contribution in [2.45, 2.75) is 0 Å². The number of non-ortho nitro benzene ring substituents is 3. The number of rotatable bonds is 6. The smallest absolute Gasteiger partial charge is 0.337 e. The van der Waals surface area contributed by atoms with Gasteiger partial charge in [-0.05, 0) is 30.4 Å². The molecule has 1 N–H and O–H groups in total. The van der Waals surface area contributed by atoms with E-state index in [2.05, 4.69) is 9.47 Å². The zero-order valence-corrected chi connectivity index (χ0v) is 23.9. The minimum atomic E-state index is -0.645. The zero-order valence-electron chi connectivity index (χ0n) is 23.9. The van der Waals surface area contributed by atoms with E-state index in [-0.39, 0.29) is 41.6 Å². The van der Waals surface area contributed by atoms with Crippen LogP contribution in [0, 0.1) is 30.3 Å². The normalized spacial score (nSPS) is 12.1. The van der Waals surface area contributed by atoms with Gasteiger partial charge in [-0.2, -0.15) is 0 Å². The third-order valence-electron chi connectivity index (χ3n) is 6.09. The molecule has 0 aromatic heterocycles. The summed E-state index contributed by atoms with van der Waals surface area (Å²) in [5, 5.41) is 40.3. The van der Waals surface area contributed by atoms with Gasteiger partial charge in [-0.3, -0.25) is 35.1 Å². The lowest BCUT2D eigenvalue weighted by atomic mass is 10.1. The summed E-state index contributed by atoms with van der Waals surface area (Å²) in [5.74, 6) is -0.513. The van der Waals surface area contributed by atoms with Gasteiger partial charge in [0.25, 0.3) is 17.1 Å². The molecule has 0 unspecified atom stereocenters. The van der Waals surface area contributed by atoms with Gasteiger partial charge in [0, 0.05) is 29.3 Å². The van der Waals surface area contributed by atoms with E-state index in [0.29, 0.717) is 40.1 Å². The highest BCUT2D eigenvalue weighted by Gasteiger charge is 2.21. The van der Waals surface area contributed by atoms with Crippen molar-refractivity contribution in [3.05, 3.63) is 113 Å². The summed E-state index contributed by atoms with van der Waals surface area (Å²) < 4.78 is 19.7. The number of ether oxygens (including phenoxy) is 4. The minimum Gasteiger partial charge on any atom is -0.507 e. The van der Waals surface area contributed by atoms with Crippen LogP contribution in [-0.2, 0) is 19.1 Å². The molecule has 0 atom stereocenters. The van der Waals surface area contributed by atoms with E-state index in [1.165, 1.54) is 56.7 Å². The molecule has 0 saturated heterocycles. The third kappa shape index (κ3) is 8.47. The average Bonchev–Trinajstić information content (AvgIpc) is 3.06. The van der Waals surface area contributed by atoms with E-state index < -0.39 is 26.7 Å². The minimum absolute atomic E-state index is 0.0422. The number of hydrogen-bond donors (Lipinski definition) is 1. The van der Waals surface area contributed by atoms with Crippen molar-refractivity contribution in [3.8, 4) is 17.2 Å². The first-order chi connectivity index (χ1) is 21.9. The molecule has 3 aromatic rings. The van der Waals surface area contributed by atoms with Crippen molar-refractivity contribution in [2.75, 3.05) is 27.4 Å². The maximum absolute atomic E-state index is 11.3. The molecule has 46 heavy (non-hydrogen) atoms. The number of phenols is 1. The number of nitrogens with zero attached hydrogens (tertiary/aromatic N) is 3. The second kappa shape index (κ2) is 15.2. The third-order valence-corrected chi connectivity index (χ3v) is 6.09. The van der Waals surface area contributed by atoms with E-state index in [9.17, 15) is 44.7 Å². The highest BCUT2D eigenvalue weighted by Crippen LogP contribution is 2.31. The first-order valence-electron chi connectivity index (χ1n) is 12.7. The standard InChI is InChI=1S/2C11H9NO5.C7H5NO4/c2*1-16-11(13)8-4-7-2-3-9(12(14)15)5-10(7)17-6-8;9-4-5-1-2-6(8(11)12)3-7(5)10/h2*2-5H,6H2,1H3;1-4,10H. The predicted octanol–water partition coefficient (Wildman–Crippen LogP) is 4.20. The van der Waals surface area contributed by atoms with Crippen LogP contribution in [0.5, 0.6) is 17.2 Å². The molecule has 238 valence electrons. The summed E-state index contributed by atoms with van der Waals surface area (Å²) in [6.07, 6.45) is 3.64. The van der Waals surface area contributed by atoms with E-state index in [1.807, 2.05) is 0 Å². The summed E-state index contributed by atoms with van der Waals surface area (Å²) in [6.45, 7) is 0.113. The number of nitro groups is 3. The first-order valence-corrected chi connectivity index (χ1v) is 12.7. The SMILES string of the molecule is COC(=O)C1=Cc2ccc([N+](=O)[O-])cc2OC1.COC(=O)C1=Cc2ccc([N+](=O)[O-])cc2OC1.O=Cc1ccc([N+](=O)[O-])cc1O. The monoisotopic (exact) mass is 637 g/mol. The van der Waals surface area contributed by atoms with Gasteiger partial charge < -0.3 is 24.1 Å². The Hall–Kier alpha value is -6.65. The van der Waals surface area contributed by atoms with Crippen LogP contribution >= 0.6 is 0 Å². The number of hydrogen-bond acceptors (Lipinski definition) is 14. The molecule has 0 amide bonds. The Kier molecular flexibility index (Phi) is 11.2. The molecule has 2 heterocycles. The van der Waals surface area contributed by atoms with Crippen molar-refractivity contribution in [3.63, 3.8) is 0 Å². The molecule has 17 heteroatoms. The summed E-state index contributed by atoms with van der Waals surface area (Å²) >= 11 is 0. The molecule has 5 rings (SSSR count). The molecule has 0 saturated carbocycles. The molecular formula is C29H23N3O14. The number of aldehydes is 1. The summed E-state index contributed by atoms with van der Waals surface area (Å²) in [7, 11) is 2.57. The number of phenolic OH excluding ortho intramolecular Hbond substituents is 1. The molecule has 0 fully saturated rings. The summed E-state index contributed by atoms with van der Waals surface area (Å²) in [6, 6.07) is 11.7. The lowest BCUT2D eigenvalue weighted by Crippen LogP contribution is -2.16. The van der Waals surface area contributed by atoms with Gasteiger partial charge in [0.1, 0.15) is 30.5 Å². The lowest BCUT2D eigenvalue weighted by molar-refractivity contribution is -0.385. The van der Waals surface area contributed by atoms with Crippen molar-refractivity contribution >= 4 is 47.4 Å². The summed E-state index contributed by atoms with van der Waals surface area (Å²) in [5.41, 5.74) is 1.74. The van der Waals surface area contributed by atoms with Gasteiger partial charge in [-0.1, -0.05) is 0 Å². The van der Waals surface area contributed by atoms with Crippen LogP contribution in [0.3, 0.4) is 0 Å². The fourth-order valence-electron chi connectivity index (χ4n) is 3.77. The van der Waals surface area contributed by atoms with E-state index in [0.717, 1.165) is 12.1 Å². The lowest BCUT2D eigenvalue weighted by Gasteiger charge is -2.16. The number of methoxy groups -OCH3 is 2. The van der Waals surface area contributed by atoms with Gasteiger partial charge in [0.15, 0.2) is 6.29 Å². The van der Waals surface area contributed by atoms with Crippen LogP contribution in [-0.4, -0.2) is 65.5 Å². The second-order valence-corrected chi connectivity index (χ2v) is 8.98. The maximum Gasteiger partial charge on any atom is 0.337 e. The van der Waals surface area contributed by atoms with Crippen molar-refractivity contribution in [1.82, 2.24) is 0 Å². The quantitative estimate of drug-likeness (QED) is 0.172. The van der Waals surface area contributed by atoms with Crippen molar-refractivity contribution in [2.24, 2.45) is 0 Å². The van der Waals surface area contributed by atoms with Crippen LogP contribution in [0.2, 0.25) is 0 Å². The van der Waals surface area contributed by atoms with E-state index in [1.54, 1.807) is 12.2 Å². The van der Waals surface area contributed by atoms with Crippen LogP contribution in [0.1, 0.15) is 21.5 Å². The van der Waals surface area contributed by atoms with E-state index in [4.69, 9.17) is 14.6 Å². The predicted molar refractivity (Wildman–Crippen MR) is 157 cm³/mol.